The van der Waals surface area contributed by atoms with Gasteiger partial charge in [0.2, 0.25) is 0 Å². The fourth-order valence-corrected chi connectivity index (χ4v) is 3.02. The molecule has 104 valence electrons. The molecule has 1 atom stereocenters. The lowest BCUT2D eigenvalue weighted by Crippen LogP contribution is -2.41. The standard InChI is InChI=1S/C14H26N2O2/c1-12(2)18-14(17)11-15-9-6-13(10-15)16-7-4-3-5-8-16/h12-13H,3-11H2,1-2H3. The van der Waals surface area contributed by atoms with Crippen molar-refractivity contribution in [3.8, 4) is 0 Å². The minimum Gasteiger partial charge on any atom is -0.462 e. The third-order valence-electron chi connectivity index (χ3n) is 3.87. The van der Waals surface area contributed by atoms with Gasteiger partial charge in [0.1, 0.15) is 0 Å². The zero-order chi connectivity index (χ0) is 13.0. The predicted molar refractivity (Wildman–Crippen MR) is 71.5 cm³/mol. The van der Waals surface area contributed by atoms with Crippen LogP contribution in [0.4, 0.5) is 0 Å². The first-order chi connectivity index (χ1) is 8.65. The number of carbonyl (C=O) groups is 1. The summed E-state index contributed by atoms with van der Waals surface area (Å²) in [6, 6.07) is 0.664. The fourth-order valence-electron chi connectivity index (χ4n) is 3.02. The second-order valence-corrected chi connectivity index (χ2v) is 5.81. The number of nitrogens with zero attached hydrogens (tertiary/aromatic N) is 2. The van der Waals surface area contributed by atoms with Gasteiger partial charge >= 0.3 is 5.97 Å². The van der Waals surface area contributed by atoms with Gasteiger partial charge in [0.25, 0.3) is 0 Å². The molecular formula is C14H26N2O2. The molecule has 2 aliphatic heterocycles. The molecule has 2 rings (SSSR count). The van der Waals surface area contributed by atoms with E-state index in [1.165, 1.54) is 38.8 Å². The Hall–Kier alpha value is -0.610. The van der Waals surface area contributed by atoms with E-state index < -0.39 is 0 Å². The largest absolute Gasteiger partial charge is 0.462 e. The van der Waals surface area contributed by atoms with Crippen LogP contribution in [0.25, 0.3) is 0 Å². The van der Waals surface area contributed by atoms with Crippen LogP contribution in [0, 0.1) is 0 Å². The van der Waals surface area contributed by atoms with Crippen LogP contribution in [0.15, 0.2) is 0 Å². The molecule has 0 saturated carbocycles. The molecule has 18 heavy (non-hydrogen) atoms. The predicted octanol–water partition coefficient (Wildman–Crippen LogP) is 1.50. The lowest BCUT2D eigenvalue weighted by atomic mass is 10.1. The van der Waals surface area contributed by atoms with Crippen molar-refractivity contribution in [2.24, 2.45) is 0 Å². The lowest BCUT2D eigenvalue weighted by molar-refractivity contribution is -0.148. The van der Waals surface area contributed by atoms with Crippen LogP contribution in [0.2, 0.25) is 0 Å². The molecule has 2 fully saturated rings. The van der Waals surface area contributed by atoms with E-state index in [0.29, 0.717) is 12.6 Å². The number of hydrogen-bond donors (Lipinski definition) is 0. The SMILES string of the molecule is CC(C)OC(=O)CN1CCC(N2CCCCC2)C1. The Labute approximate surface area is 110 Å². The number of esters is 1. The van der Waals surface area contributed by atoms with Crippen molar-refractivity contribution in [1.29, 1.82) is 0 Å². The monoisotopic (exact) mass is 254 g/mol. The summed E-state index contributed by atoms with van der Waals surface area (Å²) in [5.41, 5.74) is 0. The summed E-state index contributed by atoms with van der Waals surface area (Å²) < 4.78 is 5.20. The molecule has 0 aliphatic carbocycles. The number of rotatable bonds is 4. The second-order valence-electron chi connectivity index (χ2n) is 5.81. The minimum absolute atomic E-state index is 0.00186. The molecule has 0 aromatic carbocycles. The summed E-state index contributed by atoms with van der Waals surface area (Å²) in [4.78, 5) is 16.5. The maximum atomic E-state index is 11.6. The van der Waals surface area contributed by atoms with E-state index in [9.17, 15) is 4.79 Å². The Morgan fingerprint density at radius 1 is 1.22 bits per heavy atom. The summed E-state index contributed by atoms with van der Waals surface area (Å²) in [5.74, 6) is -0.0794. The van der Waals surface area contributed by atoms with Crippen LogP contribution in [0.5, 0.6) is 0 Å². The summed E-state index contributed by atoms with van der Waals surface area (Å²) in [7, 11) is 0. The van der Waals surface area contributed by atoms with Gasteiger partial charge in [-0.25, -0.2) is 0 Å². The Morgan fingerprint density at radius 3 is 2.61 bits per heavy atom. The van der Waals surface area contributed by atoms with E-state index in [0.717, 1.165) is 13.1 Å². The highest BCUT2D eigenvalue weighted by Crippen LogP contribution is 2.19. The van der Waals surface area contributed by atoms with Gasteiger partial charge in [-0.2, -0.15) is 0 Å². The van der Waals surface area contributed by atoms with Crippen LogP contribution in [0.3, 0.4) is 0 Å². The van der Waals surface area contributed by atoms with Crippen LogP contribution in [-0.2, 0) is 9.53 Å². The summed E-state index contributed by atoms with van der Waals surface area (Å²) in [6.45, 7) is 8.82. The third kappa shape index (κ3) is 3.95. The van der Waals surface area contributed by atoms with E-state index in [1.807, 2.05) is 13.8 Å². The Morgan fingerprint density at radius 2 is 1.94 bits per heavy atom. The van der Waals surface area contributed by atoms with Crippen LogP contribution in [0.1, 0.15) is 39.5 Å². The molecule has 4 heteroatoms. The topological polar surface area (TPSA) is 32.8 Å². The van der Waals surface area contributed by atoms with Crippen molar-refractivity contribution in [3.63, 3.8) is 0 Å². The number of hydrogen-bond acceptors (Lipinski definition) is 4. The number of piperidine rings is 1. The maximum absolute atomic E-state index is 11.6. The smallest absolute Gasteiger partial charge is 0.320 e. The molecule has 2 saturated heterocycles. The summed E-state index contributed by atoms with van der Waals surface area (Å²) in [5, 5.41) is 0. The molecule has 0 radical (unpaired) electrons. The quantitative estimate of drug-likeness (QED) is 0.712. The highest BCUT2D eigenvalue weighted by Gasteiger charge is 2.29. The first kappa shape index (κ1) is 13.8. The van der Waals surface area contributed by atoms with E-state index >= 15 is 0 Å². The van der Waals surface area contributed by atoms with E-state index in [4.69, 9.17) is 4.74 Å². The first-order valence-electron chi connectivity index (χ1n) is 7.31. The highest BCUT2D eigenvalue weighted by molar-refractivity contribution is 5.71. The van der Waals surface area contributed by atoms with Crippen LogP contribution >= 0.6 is 0 Å². The average Bonchev–Trinajstić information content (AvgIpc) is 2.77. The normalized spacial score (nSPS) is 26.7. The van der Waals surface area contributed by atoms with Gasteiger partial charge in [0.05, 0.1) is 12.6 Å². The van der Waals surface area contributed by atoms with Crippen molar-refractivity contribution in [3.05, 3.63) is 0 Å². The zero-order valence-corrected chi connectivity index (χ0v) is 11.7. The van der Waals surface area contributed by atoms with Gasteiger partial charge in [-0.15, -0.1) is 0 Å². The van der Waals surface area contributed by atoms with Crippen molar-refractivity contribution >= 4 is 5.97 Å². The zero-order valence-electron chi connectivity index (χ0n) is 11.7. The van der Waals surface area contributed by atoms with Gasteiger partial charge < -0.3 is 4.74 Å². The molecule has 0 aromatic rings. The lowest BCUT2D eigenvalue weighted by Gasteiger charge is -2.32. The van der Waals surface area contributed by atoms with Gasteiger partial charge in [0, 0.05) is 19.1 Å². The van der Waals surface area contributed by atoms with E-state index in [1.54, 1.807) is 0 Å². The van der Waals surface area contributed by atoms with Crippen molar-refractivity contribution in [2.45, 2.75) is 51.7 Å². The molecule has 0 spiro atoms. The molecule has 4 nitrogen and oxygen atoms in total. The molecule has 0 aromatic heterocycles. The summed E-state index contributed by atoms with van der Waals surface area (Å²) in [6.07, 6.45) is 5.26. The Bertz CT molecular complexity index is 275. The minimum atomic E-state index is -0.0794. The molecule has 2 heterocycles. The number of carbonyl (C=O) groups excluding carboxylic acids is 1. The van der Waals surface area contributed by atoms with Crippen molar-refractivity contribution in [2.75, 3.05) is 32.7 Å². The average molecular weight is 254 g/mol. The molecule has 0 bridgehead atoms. The van der Waals surface area contributed by atoms with E-state index in [-0.39, 0.29) is 12.1 Å². The van der Waals surface area contributed by atoms with Gasteiger partial charge in [-0.05, 0) is 46.2 Å². The van der Waals surface area contributed by atoms with Gasteiger partial charge in [0.15, 0.2) is 0 Å². The van der Waals surface area contributed by atoms with Crippen LogP contribution in [-0.4, -0.2) is 60.6 Å². The molecule has 0 amide bonds. The first-order valence-corrected chi connectivity index (χ1v) is 7.31. The Kier molecular flexibility index (Phi) is 5.01. The van der Waals surface area contributed by atoms with Gasteiger partial charge in [-0.3, -0.25) is 14.6 Å². The van der Waals surface area contributed by atoms with E-state index in [2.05, 4.69) is 9.80 Å². The highest BCUT2D eigenvalue weighted by atomic mass is 16.5. The molecule has 2 aliphatic rings. The van der Waals surface area contributed by atoms with Gasteiger partial charge in [-0.1, -0.05) is 6.42 Å². The molecule has 1 unspecified atom stereocenters. The molecule has 0 N–H and O–H groups in total. The van der Waals surface area contributed by atoms with Crippen LogP contribution < -0.4 is 0 Å². The second kappa shape index (κ2) is 6.53. The third-order valence-corrected chi connectivity index (χ3v) is 3.87. The number of likely N-dealkylation sites (tertiary alicyclic amines) is 2. The van der Waals surface area contributed by atoms with Crippen molar-refractivity contribution < 1.29 is 9.53 Å². The number of ether oxygens (including phenoxy) is 1. The van der Waals surface area contributed by atoms with Crippen molar-refractivity contribution in [1.82, 2.24) is 9.80 Å². The molecular weight excluding hydrogens is 228 g/mol. The summed E-state index contributed by atoms with van der Waals surface area (Å²) >= 11 is 0. The fraction of sp³-hybridized carbons (Fsp3) is 0.929. The maximum Gasteiger partial charge on any atom is 0.320 e. The Balaban J connectivity index is 1.72.